The van der Waals surface area contributed by atoms with Gasteiger partial charge in [-0.2, -0.15) is 5.10 Å². The molecule has 2 aromatic rings. The molecule has 1 heterocycles. The number of nitro groups is 1. The Balaban J connectivity index is 0.00000288. The topological polar surface area (TPSA) is 127 Å². The van der Waals surface area contributed by atoms with Crippen molar-refractivity contribution in [1.82, 2.24) is 15.5 Å². The van der Waals surface area contributed by atoms with Crippen LogP contribution in [0.1, 0.15) is 35.1 Å². The first-order chi connectivity index (χ1) is 11.0. The lowest BCUT2D eigenvalue weighted by Gasteiger charge is -2.04. The number of hydrogen-bond acceptors (Lipinski definition) is 5. The second-order valence-electron chi connectivity index (χ2n) is 5.15. The van der Waals surface area contributed by atoms with Crippen molar-refractivity contribution in [2.24, 2.45) is 0 Å². The highest BCUT2D eigenvalue weighted by Crippen LogP contribution is 2.22. The number of aromatic nitrogens is 2. The summed E-state index contributed by atoms with van der Waals surface area (Å²) in [6.07, 6.45) is 1.80. The van der Waals surface area contributed by atoms with E-state index in [2.05, 4.69) is 15.5 Å². The van der Waals surface area contributed by atoms with Gasteiger partial charge in [-0.15, -0.1) is 12.4 Å². The minimum Gasteiger partial charge on any atom is -0.399 e. The number of hydrogen-bond donors (Lipinski definition) is 3. The van der Waals surface area contributed by atoms with E-state index in [-0.39, 0.29) is 23.8 Å². The zero-order valence-corrected chi connectivity index (χ0v) is 14.1. The molecule has 0 bridgehead atoms. The fraction of sp³-hybridized carbons (Fsp3) is 0.333. The summed E-state index contributed by atoms with van der Waals surface area (Å²) in [6, 6.07) is 7.31. The highest BCUT2D eigenvalue weighted by molar-refractivity contribution is 5.96. The van der Waals surface area contributed by atoms with Gasteiger partial charge in [-0.1, -0.05) is 25.5 Å². The highest BCUT2D eigenvalue weighted by atomic mass is 35.5. The molecule has 0 saturated heterocycles. The van der Waals surface area contributed by atoms with Crippen LogP contribution in [0, 0.1) is 10.1 Å². The molecule has 2 rings (SSSR count). The smallest absolute Gasteiger partial charge is 0.322 e. The Kier molecular flexibility index (Phi) is 7.19. The molecule has 0 saturated carbocycles. The van der Waals surface area contributed by atoms with Crippen LogP contribution in [0.25, 0.3) is 0 Å². The second-order valence-corrected chi connectivity index (χ2v) is 5.15. The van der Waals surface area contributed by atoms with Crippen LogP contribution in [-0.2, 0) is 12.8 Å². The van der Waals surface area contributed by atoms with E-state index in [9.17, 15) is 14.9 Å². The van der Waals surface area contributed by atoms with Crippen molar-refractivity contribution in [3.05, 3.63) is 51.3 Å². The molecule has 0 spiro atoms. The molecule has 8 nitrogen and oxygen atoms in total. The number of amides is 1. The number of rotatable bonds is 7. The van der Waals surface area contributed by atoms with Crippen molar-refractivity contribution >= 4 is 29.7 Å². The number of benzene rings is 1. The number of nitrogen functional groups attached to an aromatic ring is 1. The number of nitrogens with two attached hydrogens (primary N) is 1. The molecule has 0 fully saturated rings. The lowest BCUT2D eigenvalue weighted by atomic mass is 10.1. The molecule has 1 aromatic heterocycles. The normalized spacial score (nSPS) is 10.0. The average Bonchev–Trinajstić information content (AvgIpc) is 2.93. The molecule has 0 unspecified atom stereocenters. The molecule has 24 heavy (non-hydrogen) atoms. The summed E-state index contributed by atoms with van der Waals surface area (Å²) in [6.45, 7) is 2.26. The van der Waals surface area contributed by atoms with Gasteiger partial charge in [-0.25, -0.2) is 0 Å². The predicted octanol–water partition coefficient (Wildman–Crippen LogP) is 2.25. The second kappa shape index (κ2) is 8.88. The van der Waals surface area contributed by atoms with Crippen LogP contribution in [-0.4, -0.2) is 27.6 Å². The zero-order valence-electron chi connectivity index (χ0n) is 13.2. The van der Waals surface area contributed by atoms with Gasteiger partial charge in [0.1, 0.15) is 5.69 Å². The van der Waals surface area contributed by atoms with E-state index in [1.54, 1.807) is 12.1 Å². The molecule has 0 atom stereocenters. The van der Waals surface area contributed by atoms with E-state index in [1.165, 1.54) is 0 Å². The first kappa shape index (κ1) is 19.4. The van der Waals surface area contributed by atoms with Crippen molar-refractivity contribution in [1.29, 1.82) is 0 Å². The average molecular weight is 354 g/mol. The van der Waals surface area contributed by atoms with Crippen LogP contribution < -0.4 is 11.1 Å². The van der Waals surface area contributed by atoms with Crippen molar-refractivity contribution < 1.29 is 9.72 Å². The van der Waals surface area contributed by atoms with Crippen LogP contribution in [0.2, 0.25) is 0 Å². The van der Waals surface area contributed by atoms with E-state index in [0.29, 0.717) is 30.8 Å². The van der Waals surface area contributed by atoms with Crippen molar-refractivity contribution in [2.45, 2.75) is 26.2 Å². The summed E-state index contributed by atoms with van der Waals surface area (Å²) in [7, 11) is 0. The quantitative estimate of drug-likeness (QED) is 0.399. The van der Waals surface area contributed by atoms with Gasteiger partial charge in [0, 0.05) is 12.2 Å². The standard InChI is InChI=1S/C15H19N5O3.ClH/c1-2-3-12-14(20(22)23)13(19-18-12)15(21)17-9-8-10-4-6-11(16)7-5-10;/h4-7H,2-3,8-9,16H2,1H3,(H,17,21)(H,18,19);1H. The Morgan fingerprint density at radius 2 is 2.00 bits per heavy atom. The summed E-state index contributed by atoms with van der Waals surface area (Å²) in [4.78, 5) is 22.7. The van der Waals surface area contributed by atoms with Gasteiger partial charge in [0.2, 0.25) is 5.69 Å². The third-order valence-corrected chi connectivity index (χ3v) is 3.39. The van der Waals surface area contributed by atoms with Crippen LogP contribution >= 0.6 is 12.4 Å². The van der Waals surface area contributed by atoms with Gasteiger partial charge in [-0.05, 0) is 30.5 Å². The molecule has 0 radical (unpaired) electrons. The number of halogens is 1. The van der Waals surface area contributed by atoms with Gasteiger partial charge in [0.25, 0.3) is 5.91 Å². The van der Waals surface area contributed by atoms with Gasteiger partial charge in [0.15, 0.2) is 0 Å². The van der Waals surface area contributed by atoms with Gasteiger partial charge < -0.3 is 11.1 Å². The molecule has 4 N–H and O–H groups in total. The Morgan fingerprint density at radius 1 is 1.33 bits per heavy atom. The Bertz CT molecular complexity index is 700. The number of aryl methyl sites for hydroxylation is 1. The third kappa shape index (κ3) is 4.69. The maximum atomic E-state index is 12.1. The summed E-state index contributed by atoms with van der Waals surface area (Å²) >= 11 is 0. The Morgan fingerprint density at radius 3 is 2.58 bits per heavy atom. The molecule has 0 aliphatic carbocycles. The zero-order chi connectivity index (χ0) is 16.8. The third-order valence-electron chi connectivity index (χ3n) is 3.39. The monoisotopic (exact) mass is 353 g/mol. The minimum absolute atomic E-state index is 0. The fourth-order valence-electron chi connectivity index (χ4n) is 2.24. The largest absolute Gasteiger partial charge is 0.399 e. The van der Waals surface area contributed by atoms with Crippen molar-refractivity contribution in [3.63, 3.8) is 0 Å². The number of carbonyl (C=O) groups is 1. The minimum atomic E-state index is -0.566. The number of H-pyrrole nitrogens is 1. The van der Waals surface area contributed by atoms with E-state index >= 15 is 0 Å². The van der Waals surface area contributed by atoms with E-state index < -0.39 is 10.8 Å². The number of anilines is 1. The predicted molar refractivity (Wildman–Crippen MR) is 93.4 cm³/mol. The van der Waals surface area contributed by atoms with Crippen LogP contribution in [0.4, 0.5) is 11.4 Å². The number of carbonyl (C=O) groups excluding carboxylic acids is 1. The van der Waals surface area contributed by atoms with E-state index in [1.807, 2.05) is 19.1 Å². The van der Waals surface area contributed by atoms with Gasteiger partial charge in [-0.3, -0.25) is 20.0 Å². The summed E-state index contributed by atoms with van der Waals surface area (Å²) in [5.74, 6) is -0.550. The number of nitrogens with zero attached hydrogens (tertiary/aromatic N) is 2. The Labute approximate surface area is 145 Å². The molecule has 130 valence electrons. The van der Waals surface area contributed by atoms with E-state index in [4.69, 9.17) is 5.73 Å². The first-order valence-electron chi connectivity index (χ1n) is 7.37. The lowest BCUT2D eigenvalue weighted by Crippen LogP contribution is -2.26. The summed E-state index contributed by atoms with van der Waals surface area (Å²) in [5.41, 5.74) is 7.26. The van der Waals surface area contributed by atoms with Crippen LogP contribution in [0.5, 0.6) is 0 Å². The molecule has 1 aromatic carbocycles. The summed E-state index contributed by atoms with van der Waals surface area (Å²) in [5, 5.41) is 20.2. The molecule has 9 heteroatoms. The van der Waals surface area contributed by atoms with Gasteiger partial charge in [0.05, 0.1) is 4.92 Å². The summed E-state index contributed by atoms with van der Waals surface area (Å²) < 4.78 is 0. The SMILES string of the molecule is CCCc1[nH]nc(C(=O)NCCc2ccc(N)cc2)c1[N+](=O)[O-].Cl. The fourth-order valence-corrected chi connectivity index (χ4v) is 2.24. The molecule has 0 aliphatic rings. The molecular weight excluding hydrogens is 334 g/mol. The number of aromatic amines is 1. The van der Waals surface area contributed by atoms with Gasteiger partial charge >= 0.3 is 5.69 Å². The maximum Gasteiger partial charge on any atom is 0.322 e. The first-order valence-corrected chi connectivity index (χ1v) is 7.37. The highest BCUT2D eigenvalue weighted by Gasteiger charge is 2.28. The lowest BCUT2D eigenvalue weighted by molar-refractivity contribution is -0.385. The number of nitrogens with one attached hydrogen (secondary N) is 2. The van der Waals surface area contributed by atoms with Crippen LogP contribution in [0.3, 0.4) is 0 Å². The maximum absolute atomic E-state index is 12.1. The Hall–Kier alpha value is -2.61. The van der Waals surface area contributed by atoms with Crippen molar-refractivity contribution in [3.8, 4) is 0 Å². The van der Waals surface area contributed by atoms with E-state index in [0.717, 1.165) is 12.0 Å². The molecular formula is C15H20ClN5O3. The molecule has 1 amide bonds. The van der Waals surface area contributed by atoms with Crippen molar-refractivity contribution in [2.75, 3.05) is 12.3 Å². The molecule has 0 aliphatic heterocycles. The van der Waals surface area contributed by atoms with Crippen LogP contribution in [0.15, 0.2) is 24.3 Å².